The number of hydrogen-bond acceptors (Lipinski definition) is 2. The monoisotopic (exact) mass is 224 g/mol. The molecular weight excluding hydrogens is 208 g/mol. The zero-order valence-electron chi connectivity index (χ0n) is 9.76. The molecule has 0 amide bonds. The first-order chi connectivity index (χ1) is 8.36. The maximum atomic E-state index is 5.97. The molecule has 17 heavy (non-hydrogen) atoms. The first-order valence-corrected chi connectivity index (χ1v) is 6.16. The number of anilines is 1. The lowest BCUT2D eigenvalue weighted by Gasteiger charge is -2.28. The van der Waals surface area contributed by atoms with Gasteiger partial charge in [0.1, 0.15) is 5.82 Å². The highest BCUT2D eigenvalue weighted by atomic mass is 14.8. The summed E-state index contributed by atoms with van der Waals surface area (Å²) < 4.78 is 0. The molecule has 0 atom stereocenters. The number of hydrogen-bond donors (Lipinski definition) is 1. The van der Waals surface area contributed by atoms with Gasteiger partial charge in [-0.2, -0.15) is 0 Å². The summed E-state index contributed by atoms with van der Waals surface area (Å²) in [6, 6.07) is 12.6. The van der Waals surface area contributed by atoms with Crippen molar-refractivity contribution in [2.75, 3.05) is 5.73 Å². The molecule has 1 fully saturated rings. The van der Waals surface area contributed by atoms with E-state index in [1.807, 2.05) is 6.07 Å². The van der Waals surface area contributed by atoms with E-state index in [0.29, 0.717) is 11.7 Å². The molecule has 0 spiro atoms. The standard InChI is InChI=1S/C15H16N2/c16-15-14(9-4-10-17-15)13-8-2-1-7-12(13)11-5-3-6-11/h1-2,4,7-11H,3,5-6H2,(H2,16,17). The van der Waals surface area contributed by atoms with Crippen LogP contribution in [-0.2, 0) is 0 Å². The largest absolute Gasteiger partial charge is 0.383 e. The highest BCUT2D eigenvalue weighted by Crippen LogP contribution is 2.41. The van der Waals surface area contributed by atoms with E-state index >= 15 is 0 Å². The van der Waals surface area contributed by atoms with Crippen LogP contribution in [0.1, 0.15) is 30.7 Å². The topological polar surface area (TPSA) is 38.9 Å². The van der Waals surface area contributed by atoms with Crippen LogP contribution >= 0.6 is 0 Å². The van der Waals surface area contributed by atoms with Crippen molar-refractivity contribution in [1.29, 1.82) is 0 Å². The second-order valence-corrected chi connectivity index (χ2v) is 4.65. The van der Waals surface area contributed by atoms with Gasteiger partial charge in [-0.05, 0) is 42.0 Å². The van der Waals surface area contributed by atoms with E-state index in [9.17, 15) is 0 Å². The SMILES string of the molecule is Nc1ncccc1-c1ccccc1C1CCC1. The molecule has 0 saturated heterocycles. The summed E-state index contributed by atoms with van der Waals surface area (Å²) in [4.78, 5) is 4.18. The molecule has 2 N–H and O–H groups in total. The number of pyridine rings is 1. The minimum Gasteiger partial charge on any atom is -0.383 e. The number of aromatic nitrogens is 1. The molecule has 0 aliphatic heterocycles. The molecule has 3 rings (SSSR count). The fraction of sp³-hybridized carbons (Fsp3) is 0.267. The summed E-state index contributed by atoms with van der Waals surface area (Å²) in [5.74, 6) is 1.34. The Morgan fingerprint density at radius 2 is 1.76 bits per heavy atom. The highest BCUT2D eigenvalue weighted by Gasteiger charge is 2.22. The molecule has 1 aliphatic carbocycles. The lowest BCUT2D eigenvalue weighted by atomic mass is 9.77. The minimum atomic E-state index is 0.624. The zero-order valence-corrected chi connectivity index (χ0v) is 9.76. The Labute approximate surface area is 102 Å². The van der Waals surface area contributed by atoms with Crippen LogP contribution in [0.5, 0.6) is 0 Å². The van der Waals surface area contributed by atoms with Gasteiger partial charge in [-0.3, -0.25) is 0 Å². The second kappa shape index (κ2) is 4.21. The number of nitrogens with two attached hydrogens (primary N) is 1. The second-order valence-electron chi connectivity index (χ2n) is 4.65. The van der Waals surface area contributed by atoms with Crippen molar-refractivity contribution >= 4 is 5.82 Å². The molecule has 2 heteroatoms. The van der Waals surface area contributed by atoms with Crippen LogP contribution in [0.4, 0.5) is 5.82 Å². The van der Waals surface area contributed by atoms with E-state index in [4.69, 9.17) is 5.73 Å². The molecule has 1 heterocycles. The van der Waals surface area contributed by atoms with Crippen molar-refractivity contribution in [2.24, 2.45) is 0 Å². The van der Waals surface area contributed by atoms with Crippen molar-refractivity contribution in [3.63, 3.8) is 0 Å². The van der Waals surface area contributed by atoms with E-state index < -0.39 is 0 Å². The number of nitrogens with zero attached hydrogens (tertiary/aromatic N) is 1. The van der Waals surface area contributed by atoms with Crippen LogP contribution in [0.25, 0.3) is 11.1 Å². The van der Waals surface area contributed by atoms with E-state index in [1.54, 1.807) is 6.20 Å². The third-order valence-electron chi connectivity index (χ3n) is 3.63. The van der Waals surface area contributed by atoms with Gasteiger partial charge in [0, 0.05) is 11.8 Å². The third-order valence-corrected chi connectivity index (χ3v) is 3.63. The van der Waals surface area contributed by atoms with Gasteiger partial charge in [-0.1, -0.05) is 30.7 Å². The predicted octanol–water partition coefficient (Wildman–Crippen LogP) is 3.60. The van der Waals surface area contributed by atoms with Gasteiger partial charge in [0.15, 0.2) is 0 Å². The van der Waals surface area contributed by atoms with Crippen molar-refractivity contribution in [2.45, 2.75) is 25.2 Å². The van der Waals surface area contributed by atoms with Gasteiger partial charge in [-0.15, -0.1) is 0 Å². The van der Waals surface area contributed by atoms with Crippen LogP contribution in [-0.4, -0.2) is 4.98 Å². The average molecular weight is 224 g/mol. The Morgan fingerprint density at radius 1 is 1.00 bits per heavy atom. The van der Waals surface area contributed by atoms with Crippen molar-refractivity contribution in [1.82, 2.24) is 4.98 Å². The van der Waals surface area contributed by atoms with Crippen LogP contribution in [0.2, 0.25) is 0 Å². The maximum absolute atomic E-state index is 5.97. The average Bonchev–Trinajstić information content (AvgIpc) is 2.29. The Kier molecular flexibility index (Phi) is 2.56. The minimum absolute atomic E-state index is 0.624. The molecule has 1 saturated carbocycles. The first-order valence-electron chi connectivity index (χ1n) is 6.16. The van der Waals surface area contributed by atoms with Crippen LogP contribution in [0, 0.1) is 0 Å². The van der Waals surface area contributed by atoms with Gasteiger partial charge in [0.2, 0.25) is 0 Å². The normalized spacial score (nSPS) is 15.5. The molecule has 0 unspecified atom stereocenters. The van der Waals surface area contributed by atoms with Crippen molar-refractivity contribution in [3.8, 4) is 11.1 Å². The quantitative estimate of drug-likeness (QED) is 0.846. The molecule has 1 aromatic heterocycles. The summed E-state index contributed by atoms with van der Waals surface area (Å²) in [6.07, 6.45) is 5.70. The van der Waals surface area contributed by atoms with Gasteiger partial charge in [0.25, 0.3) is 0 Å². The van der Waals surface area contributed by atoms with E-state index in [1.165, 1.54) is 30.4 Å². The molecule has 1 aromatic carbocycles. The molecule has 86 valence electrons. The number of rotatable bonds is 2. The van der Waals surface area contributed by atoms with Crippen molar-refractivity contribution in [3.05, 3.63) is 48.2 Å². The summed E-state index contributed by atoms with van der Waals surface area (Å²) in [7, 11) is 0. The van der Waals surface area contributed by atoms with Gasteiger partial charge in [0.05, 0.1) is 0 Å². The van der Waals surface area contributed by atoms with E-state index in [-0.39, 0.29) is 0 Å². The fourth-order valence-electron chi connectivity index (χ4n) is 2.46. The highest BCUT2D eigenvalue weighted by molar-refractivity contribution is 5.76. The lowest BCUT2D eigenvalue weighted by Crippen LogP contribution is -2.10. The molecule has 0 radical (unpaired) electrons. The summed E-state index contributed by atoms with van der Waals surface area (Å²) in [5, 5.41) is 0. The molecule has 2 aromatic rings. The maximum Gasteiger partial charge on any atom is 0.131 e. The Bertz CT molecular complexity index is 530. The fourth-order valence-corrected chi connectivity index (χ4v) is 2.46. The molecule has 0 bridgehead atoms. The Morgan fingerprint density at radius 3 is 2.47 bits per heavy atom. The van der Waals surface area contributed by atoms with E-state index in [0.717, 1.165) is 5.56 Å². The third kappa shape index (κ3) is 1.80. The van der Waals surface area contributed by atoms with Crippen LogP contribution < -0.4 is 5.73 Å². The zero-order chi connectivity index (χ0) is 11.7. The smallest absolute Gasteiger partial charge is 0.131 e. The number of nitrogen functional groups attached to an aromatic ring is 1. The molecular formula is C15H16N2. The Balaban J connectivity index is 2.11. The van der Waals surface area contributed by atoms with Crippen LogP contribution in [0.3, 0.4) is 0 Å². The first kappa shape index (κ1) is 10.3. The lowest BCUT2D eigenvalue weighted by molar-refractivity contribution is 0.420. The number of benzene rings is 1. The van der Waals surface area contributed by atoms with Gasteiger partial charge < -0.3 is 5.73 Å². The van der Waals surface area contributed by atoms with E-state index in [2.05, 4.69) is 35.3 Å². The molecule has 1 aliphatic rings. The van der Waals surface area contributed by atoms with Crippen LogP contribution in [0.15, 0.2) is 42.6 Å². The van der Waals surface area contributed by atoms with Crippen molar-refractivity contribution < 1.29 is 0 Å². The predicted molar refractivity (Wildman–Crippen MR) is 70.7 cm³/mol. The summed E-state index contributed by atoms with van der Waals surface area (Å²) in [6.45, 7) is 0. The Hall–Kier alpha value is -1.83. The summed E-state index contributed by atoms with van der Waals surface area (Å²) >= 11 is 0. The molecule has 2 nitrogen and oxygen atoms in total. The van der Waals surface area contributed by atoms with Gasteiger partial charge >= 0.3 is 0 Å². The summed E-state index contributed by atoms with van der Waals surface area (Å²) in [5.41, 5.74) is 9.72. The van der Waals surface area contributed by atoms with Gasteiger partial charge in [-0.25, -0.2) is 4.98 Å².